The van der Waals surface area contributed by atoms with Gasteiger partial charge in [-0.1, -0.05) is 26.2 Å². The van der Waals surface area contributed by atoms with E-state index in [-0.39, 0.29) is 0 Å². The molecule has 1 aromatic rings. The molecule has 1 heterocycles. The minimum Gasteiger partial charge on any atom is -0.367 e. The molecular weight excluding hydrogens is 222 g/mol. The SMILES string of the molecule is CCCCCC(C)Nc1nc(C)cc(C)c1C#N. The van der Waals surface area contributed by atoms with Crippen LogP contribution in [0.15, 0.2) is 6.07 Å². The highest BCUT2D eigenvalue weighted by Gasteiger charge is 2.10. The molecule has 0 saturated heterocycles. The molecule has 18 heavy (non-hydrogen) atoms. The summed E-state index contributed by atoms with van der Waals surface area (Å²) in [6.45, 7) is 8.27. The molecule has 1 unspecified atom stereocenters. The van der Waals surface area contributed by atoms with Crippen LogP contribution in [0.3, 0.4) is 0 Å². The van der Waals surface area contributed by atoms with Crippen molar-refractivity contribution in [3.8, 4) is 6.07 Å². The molecule has 3 heteroatoms. The van der Waals surface area contributed by atoms with Gasteiger partial charge in [-0.05, 0) is 38.8 Å². The lowest BCUT2D eigenvalue weighted by Gasteiger charge is -2.16. The summed E-state index contributed by atoms with van der Waals surface area (Å²) in [6, 6.07) is 4.55. The van der Waals surface area contributed by atoms with E-state index >= 15 is 0 Å². The van der Waals surface area contributed by atoms with Gasteiger partial charge < -0.3 is 5.32 Å². The first-order chi connectivity index (χ1) is 8.58. The number of aromatic nitrogens is 1. The molecule has 1 aromatic heterocycles. The van der Waals surface area contributed by atoms with Gasteiger partial charge in [0.25, 0.3) is 0 Å². The molecule has 0 radical (unpaired) electrons. The van der Waals surface area contributed by atoms with Crippen molar-refractivity contribution in [1.29, 1.82) is 5.26 Å². The second-order valence-electron chi connectivity index (χ2n) is 4.96. The number of aryl methyl sites for hydroxylation is 2. The van der Waals surface area contributed by atoms with Gasteiger partial charge in [0, 0.05) is 11.7 Å². The number of unbranched alkanes of at least 4 members (excludes halogenated alkanes) is 2. The number of anilines is 1. The molecule has 1 rings (SSSR count). The minimum atomic E-state index is 0.359. The van der Waals surface area contributed by atoms with Gasteiger partial charge >= 0.3 is 0 Å². The summed E-state index contributed by atoms with van der Waals surface area (Å²) in [5.74, 6) is 0.735. The fraction of sp³-hybridized carbons (Fsp3) is 0.600. The molecule has 0 spiro atoms. The van der Waals surface area contributed by atoms with Gasteiger partial charge in [0.1, 0.15) is 11.9 Å². The van der Waals surface area contributed by atoms with E-state index < -0.39 is 0 Å². The highest BCUT2D eigenvalue weighted by atomic mass is 15.0. The van der Waals surface area contributed by atoms with Crippen LogP contribution in [-0.4, -0.2) is 11.0 Å². The Balaban J connectivity index is 2.74. The van der Waals surface area contributed by atoms with E-state index in [2.05, 4.69) is 30.2 Å². The van der Waals surface area contributed by atoms with Gasteiger partial charge in [-0.3, -0.25) is 0 Å². The van der Waals surface area contributed by atoms with Crippen LogP contribution in [0.2, 0.25) is 0 Å². The Morgan fingerprint density at radius 2 is 2.11 bits per heavy atom. The van der Waals surface area contributed by atoms with E-state index in [1.54, 1.807) is 0 Å². The molecule has 1 N–H and O–H groups in total. The lowest BCUT2D eigenvalue weighted by atomic mass is 10.1. The van der Waals surface area contributed by atoms with Crippen LogP contribution >= 0.6 is 0 Å². The second-order valence-corrected chi connectivity index (χ2v) is 4.96. The van der Waals surface area contributed by atoms with Crippen molar-refractivity contribution >= 4 is 5.82 Å². The average molecular weight is 245 g/mol. The van der Waals surface area contributed by atoms with Crippen molar-refractivity contribution in [3.05, 3.63) is 22.9 Å². The number of nitrogens with zero attached hydrogens (tertiary/aromatic N) is 2. The first kappa shape index (κ1) is 14.5. The number of nitrogens with one attached hydrogen (secondary N) is 1. The molecule has 0 amide bonds. The maximum atomic E-state index is 9.19. The van der Waals surface area contributed by atoms with Crippen LogP contribution in [0.4, 0.5) is 5.82 Å². The highest BCUT2D eigenvalue weighted by Crippen LogP contribution is 2.19. The summed E-state index contributed by atoms with van der Waals surface area (Å²) in [4.78, 5) is 4.44. The zero-order valence-corrected chi connectivity index (χ0v) is 11.9. The van der Waals surface area contributed by atoms with Crippen molar-refractivity contribution in [3.63, 3.8) is 0 Å². The monoisotopic (exact) mass is 245 g/mol. The topological polar surface area (TPSA) is 48.7 Å². The molecule has 0 saturated carbocycles. The summed E-state index contributed by atoms with van der Waals surface area (Å²) < 4.78 is 0. The van der Waals surface area contributed by atoms with Gasteiger partial charge in [-0.2, -0.15) is 5.26 Å². The molecule has 0 aliphatic heterocycles. The maximum absolute atomic E-state index is 9.19. The van der Waals surface area contributed by atoms with Crippen molar-refractivity contribution in [1.82, 2.24) is 4.98 Å². The standard InChI is InChI=1S/C15H23N3/c1-5-6-7-8-12(3)17-15-14(10-16)11(2)9-13(4)18-15/h9,12H,5-8H2,1-4H3,(H,17,18). The third-order valence-corrected chi connectivity index (χ3v) is 3.08. The summed E-state index contributed by atoms with van der Waals surface area (Å²) in [5, 5.41) is 12.6. The number of rotatable bonds is 6. The quantitative estimate of drug-likeness (QED) is 0.772. The number of pyridine rings is 1. The molecular formula is C15H23N3. The Morgan fingerprint density at radius 1 is 1.39 bits per heavy atom. The Hall–Kier alpha value is -1.56. The van der Waals surface area contributed by atoms with E-state index in [1.165, 1.54) is 19.3 Å². The van der Waals surface area contributed by atoms with Crippen molar-refractivity contribution in [2.75, 3.05) is 5.32 Å². The van der Waals surface area contributed by atoms with Crippen LogP contribution < -0.4 is 5.32 Å². The number of nitriles is 1. The Morgan fingerprint density at radius 3 is 2.72 bits per heavy atom. The van der Waals surface area contributed by atoms with Crippen molar-refractivity contribution in [2.24, 2.45) is 0 Å². The Labute approximate surface area is 110 Å². The minimum absolute atomic E-state index is 0.359. The van der Waals surface area contributed by atoms with Crippen molar-refractivity contribution in [2.45, 2.75) is 59.4 Å². The van der Waals surface area contributed by atoms with Gasteiger partial charge in [0.2, 0.25) is 0 Å². The van der Waals surface area contributed by atoms with E-state index in [1.807, 2.05) is 19.9 Å². The van der Waals surface area contributed by atoms with Crippen LogP contribution in [0.1, 0.15) is 56.4 Å². The van der Waals surface area contributed by atoms with Gasteiger partial charge in [0.05, 0.1) is 5.56 Å². The average Bonchev–Trinajstić information content (AvgIpc) is 2.28. The zero-order valence-electron chi connectivity index (χ0n) is 11.9. The summed E-state index contributed by atoms with van der Waals surface area (Å²) >= 11 is 0. The second kappa shape index (κ2) is 7.00. The summed E-state index contributed by atoms with van der Waals surface area (Å²) in [7, 11) is 0. The molecule has 98 valence electrons. The fourth-order valence-electron chi connectivity index (χ4n) is 2.09. The van der Waals surface area contributed by atoms with Crippen molar-refractivity contribution < 1.29 is 0 Å². The number of hydrogen-bond acceptors (Lipinski definition) is 3. The molecule has 0 bridgehead atoms. The Bertz CT molecular complexity index is 432. The van der Waals surface area contributed by atoms with Gasteiger partial charge in [-0.25, -0.2) is 4.98 Å². The molecule has 1 atom stereocenters. The van der Waals surface area contributed by atoms with Crippen LogP contribution in [0.25, 0.3) is 0 Å². The third-order valence-electron chi connectivity index (χ3n) is 3.08. The molecule has 0 aliphatic carbocycles. The van der Waals surface area contributed by atoms with Crippen LogP contribution in [-0.2, 0) is 0 Å². The predicted octanol–water partition coefficient (Wildman–Crippen LogP) is 3.95. The highest BCUT2D eigenvalue weighted by molar-refractivity contribution is 5.56. The lowest BCUT2D eigenvalue weighted by molar-refractivity contribution is 0.613. The predicted molar refractivity (Wildman–Crippen MR) is 75.7 cm³/mol. The molecule has 0 aromatic carbocycles. The maximum Gasteiger partial charge on any atom is 0.144 e. The van der Waals surface area contributed by atoms with E-state index in [9.17, 15) is 5.26 Å². The normalized spacial score (nSPS) is 11.9. The first-order valence-corrected chi connectivity index (χ1v) is 6.73. The zero-order chi connectivity index (χ0) is 13.5. The largest absolute Gasteiger partial charge is 0.367 e. The molecule has 0 aliphatic rings. The summed E-state index contributed by atoms with van der Waals surface area (Å²) in [5.41, 5.74) is 2.62. The molecule has 3 nitrogen and oxygen atoms in total. The van der Waals surface area contributed by atoms with E-state index in [0.29, 0.717) is 11.6 Å². The number of hydrogen-bond donors (Lipinski definition) is 1. The smallest absolute Gasteiger partial charge is 0.144 e. The van der Waals surface area contributed by atoms with Crippen LogP contribution in [0, 0.1) is 25.2 Å². The summed E-state index contributed by atoms with van der Waals surface area (Å²) in [6.07, 6.45) is 4.83. The van der Waals surface area contributed by atoms with Gasteiger partial charge in [-0.15, -0.1) is 0 Å². The van der Waals surface area contributed by atoms with Crippen LogP contribution in [0.5, 0.6) is 0 Å². The van der Waals surface area contributed by atoms with E-state index in [4.69, 9.17) is 0 Å². The molecule has 0 fully saturated rings. The van der Waals surface area contributed by atoms with Gasteiger partial charge in [0.15, 0.2) is 0 Å². The Kier molecular flexibility index (Phi) is 5.64. The van der Waals surface area contributed by atoms with E-state index in [0.717, 1.165) is 23.5 Å². The first-order valence-electron chi connectivity index (χ1n) is 6.73. The third kappa shape index (κ3) is 4.03. The fourth-order valence-corrected chi connectivity index (χ4v) is 2.09. The lowest BCUT2D eigenvalue weighted by Crippen LogP contribution is -2.17.